The fraction of sp³-hybridized carbons (Fsp3) is 0.929. The summed E-state index contributed by atoms with van der Waals surface area (Å²) in [5.74, 6) is 1.54. The van der Waals surface area contributed by atoms with Crippen molar-refractivity contribution >= 4 is 0 Å². The van der Waals surface area contributed by atoms with Gasteiger partial charge >= 0.3 is 0 Å². The van der Waals surface area contributed by atoms with Gasteiger partial charge in [0.2, 0.25) is 0 Å². The predicted octanol–water partition coefficient (Wildman–Crippen LogP) is 4.18. The Morgan fingerprint density at radius 3 is 2.00 bits per heavy atom. The van der Waals surface area contributed by atoms with E-state index in [9.17, 15) is 46.0 Å². The number of fused-ring (bicyclic) bond motifs is 5. The highest BCUT2D eigenvalue weighted by atomic mass is 16.7. The monoisotopic (exact) mass is 1040 g/mol. The maximum atomic E-state index is 11.5. The molecule has 4 heterocycles. The van der Waals surface area contributed by atoms with Gasteiger partial charge in [0.05, 0.1) is 93.6 Å². The lowest BCUT2D eigenvalue weighted by atomic mass is 9.39. The molecule has 0 aromatic carbocycles. The minimum Gasteiger partial charge on any atom is -0.394 e. The molecule has 0 spiro atoms. The predicted molar refractivity (Wildman–Crippen MR) is 267 cm³/mol. The van der Waals surface area contributed by atoms with Crippen molar-refractivity contribution in [3.8, 4) is 0 Å². The first-order valence-corrected chi connectivity index (χ1v) is 27.9. The van der Waals surface area contributed by atoms with Gasteiger partial charge in [0.15, 0.2) is 18.9 Å². The lowest BCUT2D eigenvalue weighted by Crippen LogP contribution is -2.59. The van der Waals surface area contributed by atoms with Gasteiger partial charge in [-0.3, -0.25) is 0 Å². The summed E-state index contributed by atoms with van der Waals surface area (Å²) < 4.78 is 49.2. The van der Waals surface area contributed by atoms with E-state index in [-0.39, 0.29) is 79.4 Å². The minimum atomic E-state index is -1.20. The second-order valence-electron chi connectivity index (χ2n) is 25.5. The van der Waals surface area contributed by atoms with E-state index in [0.29, 0.717) is 43.4 Å². The van der Waals surface area contributed by atoms with Crippen molar-refractivity contribution in [3.05, 3.63) is 24.3 Å². The van der Waals surface area contributed by atoms with Gasteiger partial charge in [0.25, 0.3) is 0 Å². The number of aliphatic hydroxyl groups is 9. The Kier molecular flexibility index (Phi) is 18.5. The van der Waals surface area contributed by atoms with Crippen molar-refractivity contribution in [3.63, 3.8) is 0 Å². The zero-order chi connectivity index (χ0) is 52.8. The van der Waals surface area contributed by atoms with Crippen molar-refractivity contribution in [1.29, 1.82) is 0 Å². The Morgan fingerprint density at radius 1 is 0.699 bits per heavy atom. The molecule has 23 atom stereocenters. The summed E-state index contributed by atoms with van der Waals surface area (Å²) in [6.45, 7) is 19.7. The van der Waals surface area contributed by atoms with Crippen LogP contribution in [0.5, 0.6) is 0 Å². The number of allylic oxidation sites excluding steroid dienone is 2. The zero-order valence-electron chi connectivity index (χ0n) is 44.8. The quantitative estimate of drug-likeness (QED) is 0.0823. The molecule has 3 unspecified atom stereocenters. The molecule has 4 aliphatic carbocycles. The van der Waals surface area contributed by atoms with Crippen LogP contribution in [0.25, 0.3) is 0 Å². The van der Waals surface area contributed by atoms with Crippen LogP contribution in [-0.4, -0.2) is 183 Å². The number of hydrogen-bond acceptors (Lipinski definition) is 17. The zero-order valence-corrected chi connectivity index (χ0v) is 44.8. The molecule has 0 aromatic heterocycles. The first kappa shape index (κ1) is 58.0. The van der Waals surface area contributed by atoms with Crippen LogP contribution in [0.1, 0.15) is 145 Å². The molecule has 17 heteroatoms. The number of hydrogen-bond donors (Lipinski definition) is 9. The fourth-order valence-electron chi connectivity index (χ4n) is 15.7. The van der Waals surface area contributed by atoms with Gasteiger partial charge in [0, 0.05) is 43.9 Å². The normalized spacial score (nSPS) is 46.9. The van der Waals surface area contributed by atoms with Crippen LogP contribution in [0.2, 0.25) is 0 Å². The van der Waals surface area contributed by atoms with Crippen molar-refractivity contribution in [2.75, 3.05) is 33.0 Å². The van der Waals surface area contributed by atoms with Crippen molar-refractivity contribution in [2.45, 2.75) is 249 Å². The molecular formula is C56H94O17. The third kappa shape index (κ3) is 12.0. The Bertz CT molecular complexity index is 1840. The molecule has 7 fully saturated rings. The van der Waals surface area contributed by atoms with Gasteiger partial charge in [-0.05, 0) is 112 Å². The molecular weight excluding hydrogens is 945 g/mol. The molecule has 420 valence electrons. The summed E-state index contributed by atoms with van der Waals surface area (Å²) in [6, 6.07) is 0. The van der Waals surface area contributed by atoms with Crippen LogP contribution < -0.4 is 0 Å². The maximum Gasteiger partial charge on any atom is 0.184 e. The second kappa shape index (κ2) is 23.3. The Balaban J connectivity index is 0.867. The van der Waals surface area contributed by atoms with Gasteiger partial charge in [0.1, 0.15) is 24.4 Å². The molecule has 3 saturated carbocycles. The number of rotatable bonds is 19. The van der Waals surface area contributed by atoms with Gasteiger partial charge in [-0.15, -0.1) is 6.58 Å². The highest BCUT2D eigenvalue weighted by molar-refractivity contribution is 5.30. The number of aliphatic hydroxyl groups excluding tert-OH is 8. The first-order valence-electron chi connectivity index (χ1n) is 27.9. The first-order chi connectivity index (χ1) is 34.4. The van der Waals surface area contributed by atoms with Gasteiger partial charge in [-0.2, -0.15) is 0 Å². The van der Waals surface area contributed by atoms with Crippen molar-refractivity contribution < 1.29 is 83.9 Å². The van der Waals surface area contributed by atoms with E-state index >= 15 is 0 Å². The Labute approximate surface area is 433 Å². The van der Waals surface area contributed by atoms with E-state index in [1.165, 1.54) is 5.57 Å². The molecule has 8 aliphatic rings. The smallest absolute Gasteiger partial charge is 0.184 e. The summed E-state index contributed by atoms with van der Waals surface area (Å²) in [4.78, 5) is 0. The Hall–Kier alpha value is -1.20. The van der Waals surface area contributed by atoms with Crippen LogP contribution in [0.15, 0.2) is 24.3 Å². The average molecular weight is 1040 g/mol. The van der Waals surface area contributed by atoms with E-state index in [0.717, 1.165) is 51.4 Å². The van der Waals surface area contributed by atoms with Crippen molar-refractivity contribution in [2.24, 2.45) is 45.3 Å². The summed E-state index contributed by atoms with van der Waals surface area (Å²) in [5, 5.41) is 93.6. The molecule has 4 aliphatic heterocycles. The SMILES string of the molecule is C=C[C@H](CC[C@@H](O[C@H]1C[C@@H](O)C[C@@H](CO[C@@H]2O[C@H](CO)[C@@H](O)C[C@H]2O)O1)C(C)(C)O)C1CC[C@@]2(C)C3CC=C4C(CC[C@H](O[C@H]5C[C@@H](O)C[C@@H](COC[C@@H]6O[C@H](CO)[C@@H](O)C[C@H]6O)O5)C4(C)C)[C@]3(C)CC[C@]12C. The molecule has 0 radical (unpaired) electrons. The lowest BCUT2D eigenvalue weighted by molar-refractivity contribution is -0.296. The van der Waals surface area contributed by atoms with E-state index in [4.69, 9.17) is 37.9 Å². The fourth-order valence-corrected chi connectivity index (χ4v) is 15.7. The molecule has 0 aromatic rings. The van der Waals surface area contributed by atoms with Crippen LogP contribution >= 0.6 is 0 Å². The van der Waals surface area contributed by atoms with Gasteiger partial charge in [-0.25, -0.2) is 0 Å². The standard InChI is InChI=1S/C56H94O17/c1-9-31(10-14-48(53(4,5)65)73-50-23-33(60)21-35(69-50)29-67-51-42(64)25-40(62)44(27-58)71-51)36-16-17-56(8)46-13-11-37-38(54(46,6)18-19-55(36,56)7)12-15-47(52(37,2)3)72-49-22-32(59)20-34(68-49)28-66-30-45-41(63)24-39(61)43(26-57)70-45/h9,11,31-36,38-51,57-65H,1,10,12-30H2,2-8H3/t31-,32+,33+,34+,35+,36?,38?,39+,40+,41-,42-,43-,44-,45+,46?,47+,48-,49+,50+,51-,54+,55-,56+/m1/s1. The third-order valence-corrected chi connectivity index (χ3v) is 20.2. The van der Waals surface area contributed by atoms with E-state index in [1.54, 1.807) is 13.8 Å². The maximum absolute atomic E-state index is 11.5. The summed E-state index contributed by atoms with van der Waals surface area (Å²) in [5.41, 5.74) is 0.330. The van der Waals surface area contributed by atoms with Crippen LogP contribution in [0.4, 0.5) is 0 Å². The highest BCUT2D eigenvalue weighted by Gasteiger charge is 2.67. The van der Waals surface area contributed by atoms with E-state index in [2.05, 4.69) is 53.3 Å². The van der Waals surface area contributed by atoms with Crippen LogP contribution in [-0.2, 0) is 37.9 Å². The Morgan fingerprint density at radius 2 is 1.33 bits per heavy atom. The molecule has 4 saturated heterocycles. The molecule has 0 amide bonds. The average Bonchev–Trinajstić information content (AvgIpc) is 3.59. The van der Waals surface area contributed by atoms with E-state index < -0.39 is 104 Å². The minimum absolute atomic E-state index is 0.00302. The molecule has 9 N–H and O–H groups in total. The number of ether oxygens (including phenoxy) is 8. The molecule has 8 rings (SSSR count). The van der Waals surface area contributed by atoms with Gasteiger partial charge < -0.3 is 83.9 Å². The summed E-state index contributed by atoms with van der Waals surface area (Å²) in [6.07, 6.45) is 3.18. The lowest BCUT2D eigenvalue weighted by Gasteiger charge is -2.66. The largest absolute Gasteiger partial charge is 0.394 e. The summed E-state index contributed by atoms with van der Waals surface area (Å²) in [7, 11) is 0. The molecule has 17 nitrogen and oxygen atoms in total. The van der Waals surface area contributed by atoms with Crippen molar-refractivity contribution in [1.82, 2.24) is 0 Å². The molecule has 0 bridgehead atoms. The van der Waals surface area contributed by atoms with Crippen LogP contribution in [0, 0.1) is 45.3 Å². The second-order valence-corrected chi connectivity index (χ2v) is 25.5. The van der Waals surface area contributed by atoms with E-state index in [1.807, 2.05) is 0 Å². The van der Waals surface area contributed by atoms with Gasteiger partial charge in [-0.1, -0.05) is 52.3 Å². The summed E-state index contributed by atoms with van der Waals surface area (Å²) >= 11 is 0. The third-order valence-electron chi connectivity index (χ3n) is 20.2. The van der Waals surface area contributed by atoms with Crippen LogP contribution in [0.3, 0.4) is 0 Å². The highest BCUT2D eigenvalue weighted by Crippen LogP contribution is 2.75. The topological polar surface area (TPSA) is 256 Å². The molecule has 73 heavy (non-hydrogen) atoms.